The number of likely N-dealkylation sites (N-methyl/N-ethyl adjacent to an activating group) is 1. The Morgan fingerprint density at radius 1 is 1.15 bits per heavy atom. The fourth-order valence-electron chi connectivity index (χ4n) is 2.02. The van der Waals surface area contributed by atoms with Crippen molar-refractivity contribution in [3.8, 4) is 0 Å². The van der Waals surface area contributed by atoms with Crippen molar-refractivity contribution in [2.75, 3.05) is 25.5 Å². The van der Waals surface area contributed by atoms with Crippen molar-refractivity contribution in [1.82, 2.24) is 4.90 Å². The second kappa shape index (κ2) is 7.27. The van der Waals surface area contributed by atoms with Gasteiger partial charge in [-0.25, -0.2) is 4.39 Å². The molecule has 106 valence electrons. The first-order valence-corrected chi connectivity index (χ1v) is 6.94. The number of anilines is 1. The number of rotatable bonds is 6. The van der Waals surface area contributed by atoms with Crippen LogP contribution in [0.2, 0.25) is 5.02 Å². The molecule has 0 aliphatic carbocycles. The minimum absolute atomic E-state index is 0.187. The molecule has 0 saturated carbocycles. The molecule has 0 aliphatic heterocycles. The molecule has 4 heteroatoms. The number of hydrogen-bond acceptors (Lipinski definition) is 2. The van der Waals surface area contributed by atoms with Gasteiger partial charge in [0.1, 0.15) is 5.82 Å². The average Bonchev–Trinajstić information content (AvgIpc) is 2.38. The van der Waals surface area contributed by atoms with Crippen molar-refractivity contribution < 1.29 is 4.39 Å². The lowest BCUT2D eigenvalue weighted by Gasteiger charge is -2.17. The van der Waals surface area contributed by atoms with Crippen molar-refractivity contribution in [2.24, 2.45) is 0 Å². The summed E-state index contributed by atoms with van der Waals surface area (Å²) >= 11 is 5.92. The zero-order valence-corrected chi connectivity index (χ0v) is 12.2. The van der Waals surface area contributed by atoms with Crippen LogP contribution in [0.1, 0.15) is 5.56 Å². The molecule has 0 aromatic heterocycles. The molecule has 0 bridgehead atoms. The Labute approximate surface area is 124 Å². The predicted octanol–water partition coefficient (Wildman–Crippen LogP) is 4.02. The molecule has 1 N–H and O–H groups in total. The fraction of sp³-hybridized carbons (Fsp3) is 0.250. The molecule has 0 fully saturated rings. The summed E-state index contributed by atoms with van der Waals surface area (Å²) in [5.41, 5.74) is 1.99. The summed E-state index contributed by atoms with van der Waals surface area (Å²) < 4.78 is 13.1. The Kier molecular flexibility index (Phi) is 5.39. The third-order valence-corrected chi connectivity index (χ3v) is 3.22. The first-order chi connectivity index (χ1) is 9.63. The Bertz CT molecular complexity index is 560. The molecule has 0 aliphatic rings. The lowest BCUT2D eigenvalue weighted by Crippen LogP contribution is -2.24. The van der Waals surface area contributed by atoms with Gasteiger partial charge in [0.15, 0.2) is 0 Å². The summed E-state index contributed by atoms with van der Waals surface area (Å²) in [5.74, 6) is -0.187. The number of benzene rings is 2. The van der Waals surface area contributed by atoms with E-state index in [2.05, 4.69) is 10.2 Å². The van der Waals surface area contributed by atoms with E-state index in [0.29, 0.717) is 0 Å². The fourth-order valence-corrected chi connectivity index (χ4v) is 2.21. The van der Waals surface area contributed by atoms with Gasteiger partial charge >= 0.3 is 0 Å². The average molecular weight is 293 g/mol. The maximum Gasteiger partial charge on any atom is 0.123 e. The number of nitrogens with one attached hydrogen (secondary N) is 1. The zero-order chi connectivity index (χ0) is 14.4. The van der Waals surface area contributed by atoms with Gasteiger partial charge < -0.3 is 10.2 Å². The molecule has 2 rings (SSSR count). The van der Waals surface area contributed by atoms with Gasteiger partial charge in [-0.3, -0.25) is 0 Å². The molecule has 0 amide bonds. The molecule has 0 unspecified atom stereocenters. The molecule has 0 atom stereocenters. The monoisotopic (exact) mass is 292 g/mol. The highest BCUT2D eigenvalue weighted by Crippen LogP contribution is 2.14. The Balaban J connectivity index is 1.76. The minimum atomic E-state index is -0.187. The Morgan fingerprint density at radius 2 is 1.95 bits per heavy atom. The third kappa shape index (κ3) is 4.83. The molecule has 2 aromatic carbocycles. The van der Waals surface area contributed by atoms with Crippen LogP contribution in [0.15, 0.2) is 48.5 Å². The maximum absolute atomic E-state index is 13.1. The molecule has 2 nitrogen and oxygen atoms in total. The van der Waals surface area contributed by atoms with E-state index < -0.39 is 0 Å². The van der Waals surface area contributed by atoms with E-state index in [9.17, 15) is 4.39 Å². The molecule has 0 saturated heterocycles. The van der Waals surface area contributed by atoms with E-state index in [1.54, 1.807) is 12.1 Å². The van der Waals surface area contributed by atoms with Gasteiger partial charge in [-0.05, 0) is 42.9 Å². The van der Waals surface area contributed by atoms with Gasteiger partial charge in [-0.1, -0.05) is 29.8 Å². The first-order valence-electron chi connectivity index (χ1n) is 6.56. The van der Waals surface area contributed by atoms with Crippen LogP contribution in [0.4, 0.5) is 10.1 Å². The summed E-state index contributed by atoms with van der Waals surface area (Å²) in [5, 5.41) is 4.04. The SMILES string of the molecule is CN(CCNc1cccc(Cl)c1)Cc1cccc(F)c1. The molecule has 20 heavy (non-hydrogen) atoms. The van der Waals surface area contributed by atoms with Crippen molar-refractivity contribution in [3.05, 3.63) is 64.9 Å². The smallest absolute Gasteiger partial charge is 0.123 e. The molecular weight excluding hydrogens is 275 g/mol. The van der Waals surface area contributed by atoms with E-state index >= 15 is 0 Å². The Morgan fingerprint density at radius 3 is 2.70 bits per heavy atom. The summed E-state index contributed by atoms with van der Waals surface area (Å²) in [4.78, 5) is 2.15. The highest BCUT2D eigenvalue weighted by Gasteiger charge is 2.01. The molecule has 2 aromatic rings. The van der Waals surface area contributed by atoms with E-state index in [0.717, 1.165) is 35.9 Å². The topological polar surface area (TPSA) is 15.3 Å². The van der Waals surface area contributed by atoms with Crippen LogP contribution < -0.4 is 5.32 Å². The lowest BCUT2D eigenvalue weighted by atomic mass is 10.2. The summed E-state index contributed by atoms with van der Waals surface area (Å²) in [7, 11) is 2.02. The van der Waals surface area contributed by atoms with Gasteiger partial charge in [-0.2, -0.15) is 0 Å². The van der Waals surface area contributed by atoms with Crippen LogP contribution in [-0.4, -0.2) is 25.0 Å². The number of halogens is 2. The van der Waals surface area contributed by atoms with Crippen molar-refractivity contribution >= 4 is 17.3 Å². The van der Waals surface area contributed by atoms with Crippen LogP contribution in [0.25, 0.3) is 0 Å². The molecule has 0 radical (unpaired) electrons. The summed E-state index contributed by atoms with van der Waals surface area (Å²) in [6, 6.07) is 14.4. The summed E-state index contributed by atoms with van der Waals surface area (Å²) in [6.07, 6.45) is 0. The van der Waals surface area contributed by atoms with Crippen molar-refractivity contribution in [1.29, 1.82) is 0 Å². The minimum Gasteiger partial charge on any atom is -0.384 e. The number of nitrogens with zero attached hydrogens (tertiary/aromatic N) is 1. The van der Waals surface area contributed by atoms with Crippen LogP contribution in [0.5, 0.6) is 0 Å². The second-order valence-electron chi connectivity index (χ2n) is 4.80. The van der Waals surface area contributed by atoms with E-state index in [-0.39, 0.29) is 5.82 Å². The van der Waals surface area contributed by atoms with E-state index in [4.69, 9.17) is 11.6 Å². The number of hydrogen-bond donors (Lipinski definition) is 1. The lowest BCUT2D eigenvalue weighted by molar-refractivity contribution is 0.339. The van der Waals surface area contributed by atoms with Crippen LogP contribution in [-0.2, 0) is 6.54 Å². The largest absolute Gasteiger partial charge is 0.384 e. The zero-order valence-electron chi connectivity index (χ0n) is 11.4. The standard InChI is InChI=1S/C16H18ClFN2/c1-20(12-13-4-2-6-15(18)10-13)9-8-19-16-7-3-5-14(17)11-16/h2-7,10-11,19H,8-9,12H2,1H3. The normalized spacial score (nSPS) is 10.8. The van der Waals surface area contributed by atoms with Crippen molar-refractivity contribution in [2.45, 2.75) is 6.54 Å². The maximum atomic E-state index is 13.1. The molecule has 0 spiro atoms. The van der Waals surface area contributed by atoms with E-state index in [1.165, 1.54) is 6.07 Å². The van der Waals surface area contributed by atoms with Gasteiger partial charge in [0, 0.05) is 30.3 Å². The second-order valence-corrected chi connectivity index (χ2v) is 5.24. The van der Waals surface area contributed by atoms with Crippen LogP contribution in [0.3, 0.4) is 0 Å². The van der Waals surface area contributed by atoms with Crippen LogP contribution in [0, 0.1) is 5.82 Å². The molecule has 0 heterocycles. The highest BCUT2D eigenvalue weighted by atomic mass is 35.5. The van der Waals surface area contributed by atoms with Crippen LogP contribution >= 0.6 is 11.6 Å². The summed E-state index contributed by atoms with van der Waals surface area (Å²) in [6.45, 7) is 2.41. The predicted molar refractivity (Wildman–Crippen MR) is 82.7 cm³/mol. The Hall–Kier alpha value is -1.58. The van der Waals surface area contributed by atoms with Crippen molar-refractivity contribution in [3.63, 3.8) is 0 Å². The molecular formula is C16H18ClFN2. The van der Waals surface area contributed by atoms with Gasteiger partial charge in [0.2, 0.25) is 0 Å². The van der Waals surface area contributed by atoms with Gasteiger partial charge in [0.05, 0.1) is 0 Å². The van der Waals surface area contributed by atoms with Gasteiger partial charge in [-0.15, -0.1) is 0 Å². The highest BCUT2D eigenvalue weighted by molar-refractivity contribution is 6.30. The first kappa shape index (κ1) is 14.8. The third-order valence-electron chi connectivity index (χ3n) is 2.99. The quantitative estimate of drug-likeness (QED) is 0.865. The van der Waals surface area contributed by atoms with E-state index in [1.807, 2.05) is 37.4 Å². The van der Waals surface area contributed by atoms with Gasteiger partial charge in [0.25, 0.3) is 0 Å².